The van der Waals surface area contributed by atoms with E-state index >= 15 is 0 Å². The number of nitrogens with zero attached hydrogens (tertiary/aromatic N) is 3. The van der Waals surface area contributed by atoms with E-state index in [2.05, 4.69) is 15.4 Å². The average molecular weight is 282 g/mol. The van der Waals surface area contributed by atoms with Crippen molar-refractivity contribution in [2.75, 3.05) is 0 Å². The zero-order chi connectivity index (χ0) is 15.1. The summed E-state index contributed by atoms with van der Waals surface area (Å²) in [5.74, 6) is -0.110. The lowest BCUT2D eigenvalue weighted by atomic mass is 10.1. The van der Waals surface area contributed by atoms with Crippen LogP contribution in [0.5, 0.6) is 0 Å². The monoisotopic (exact) mass is 282 g/mol. The van der Waals surface area contributed by atoms with Crippen molar-refractivity contribution in [1.29, 1.82) is 0 Å². The molecule has 1 N–H and O–H groups in total. The van der Waals surface area contributed by atoms with Gasteiger partial charge in [-0.05, 0) is 31.5 Å². The summed E-state index contributed by atoms with van der Waals surface area (Å²) >= 11 is 0. The summed E-state index contributed by atoms with van der Waals surface area (Å²) in [6, 6.07) is 7.78. The first-order chi connectivity index (χ1) is 10.2. The smallest absolute Gasteiger partial charge is 0.244 e. The van der Waals surface area contributed by atoms with E-state index in [1.165, 1.54) is 12.4 Å². The summed E-state index contributed by atoms with van der Waals surface area (Å²) in [7, 11) is 0. The molecule has 1 aromatic carbocycles. The Morgan fingerprint density at radius 3 is 2.67 bits per heavy atom. The van der Waals surface area contributed by atoms with E-state index in [1.54, 1.807) is 17.1 Å². The van der Waals surface area contributed by atoms with Crippen molar-refractivity contribution in [3.05, 3.63) is 66.8 Å². The molecule has 0 spiro atoms. The van der Waals surface area contributed by atoms with Crippen LogP contribution in [0, 0.1) is 0 Å². The molecule has 1 atom stereocenters. The van der Waals surface area contributed by atoms with Gasteiger partial charge in [0.25, 0.3) is 0 Å². The van der Waals surface area contributed by atoms with E-state index in [0.29, 0.717) is 0 Å². The van der Waals surface area contributed by atoms with Crippen LogP contribution in [-0.4, -0.2) is 20.7 Å². The number of carbonyl (C=O) groups excluding carboxylic acids is 1. The Labute approximate surface area is 124 Å². The Morgan fingerprint density at radius 1 is 1.29 bits per heavy atom. The highest BCUT2D eigenvalue weighted by Crippen LogP contribution is 2.15. The third-order valence-electron chi connectivity index (χ3n) is 2.99. The zero-order valence-corrected chi connectivity index (χ0v) is 12.1. The van der Waals surface area contributed by atoms with Crippen molar-refractivity contribution in [1.82, 2.24) is 20.1 Å². The van der Waals surface area contributed by atoms with Gasteiger partial charge in [0.2, 0.25) is 5.91 Å². The van der Waals surface area contributed by atoms with Gasteiger partial charge in [0.15, 0.2) is 0 Å². The summed E-state index contributed by atoms with van der Waals surface area (Å²) < 4.78 is 1.69. The van der Waals surface area contributed by atoms with Crippen LogP contribution < -0.4 is 5.32 Å². The van der Waals surface area contributed by atoms with Gasteiger partial charge < -0.3 is 5.32 Å². The first kappa shape index (κ1) is 14.7. The quantitative estimate of drug-likeness (QED) is 0.677. The number of hydrogen-bond acceptors (Lipinski definition) is 3. The highest BCUT2D eigenvalue weighted by molar-refractivity contribution is 5.88. The van der Waals surface area contributed by atoms with Gasteiger partial charge in [-0.2, -0.15) is 5.10 Å². The van der Waals surface area contributed by atoms with E-state index in [-0.39, 0.29) is 11.9 Å². The molecule has 5 heteroatoms. The topological polar surface area (TPSA) is 59.8 Å². The molecule has 1 heterocycles. The first-order valence-corrected chi connectivity index (χ1v) is 6.75. The fraction of sp³-hybridized carbons (Fsp3) is 0.188. The van der Waals surface area contributed by atoms with Crippen LogP contribution in [0.15, 0.2) is 61.2 Å². The lowest BCUT2D eigenvalue weighted by Gasteiger charge is -2.13. The maximum Gasteiger partial charge on any atom is 0.244 e. The predicted octanol–water partition coefficient (Wildman–Crippen LogP) is 2.58. The molecule has 0 aliphatic rings. The molecule has 5 nitrogen and oxygen atoms in total. The molecule has 108 valence electrons. The minimum absolute atomic E-state index is 0.0578. The van der Waals surface area contributed by atoms with Crippen molar-refractivity contribution < 1.29 is 4.79 Å². The van der Waals surface area contributed by atoms with E-state index in [0.717, 1.165) is 11.3 Å². The van der Waals surface area contributed by atoms with E-state index < -0.39 is 0 Å². The van der Waals surface area contributed by atoms with E-state index in [4.69, 9.17) is 0 Å². The van der Waals surface area contributed by atoms with Crippen LogP contribution in [0.4, 0.5) is 0 Å². The predicted molar refractivity (Wildman–Crippen MR) is 81.9 cm³/mol. The van der Waals surface area contributed by atoms with Crippen molar-refractivity contribution in [2.24, 2.45) is 0 Å². The third-order valence-corrected chi connectivity index (χ3v) is 2.99. The summed E-state index contributed by atoms with van der Waals surface area (Å²) in [6.45, 7) is 3.85. The summed E-state index contributed by atoms with van der Waals surface area (Å²) in [6.07, 6.45) is 10.1. The van der Waals surface area contributed by atoms with Gasteiger partial charge in [0, 0.05) is 6.08 Å². The molecule has 2 aromatic rings. The molecule has 2 rings (SSSR count). The molecule has 1 unspecified atom stereocenters. The maximum atomic E-state index is 11.7. The highest BCUT2D eigenvalue weighted by atomic mass is 16.1. The zero-order valence-electron chi connectivity index (χ0n) is 12.1. The van der Waals surface area contributed by atoms with Crippen LogP contribution in [0.2, 0.25) is 0 Å². The van der Waals surface area contributed by atoms with E-state index in [1.807, 2.05) is 50.3 Å². The van der Waals surface area contributed by atoms with Gasteiger partial charge in [-0.1, -0.05) is 30.4 Å². The molecule has 21 heavy (non-hydrogen) atoms. The van der Waals surface area contributed by atoms with E-state index in [9.17, 15) is 4.79 Å². The average Bonchev–Trinajstić information content (AvgIpc) is 3.02. The number of amides is 1. The fourth-order valence-electron chi connectivity index (χ4n) is 1.86. The molecule has 0 aliphatic heterocycles. The Bertz CT molecular complexity index is 627. The number of hydrogen-bond donors (Lipinski definition) is 1. The lowest BCUT2D eigenvalue weighted by Crippen LogP contribution is -2.24. The van der Waals surface area contributed by atoms with Crippen LogP contribution in [-0.2, 0) is 4.79 Å². The summed E-state index contributed by atoms with van der Waals surface area (Å²) in [5.41, 5.74) is 1.97. The third kappa shape index (κ3) is 4.14. The van der Waals surface area contributed by atoms with Gasteiger partial charge in [-0.25, -0.2) is 9.67 Å². The van der Waals surface area contributed by atoms with Crippen LogP contribution in [0.1, 0.15) is 25.5 Å². The summed E-state index contributed by atoms with van der Waals surface area (Å²) in [5, 5.41) is 6.99. The molecule has 0 fully saturated rings. The second-order valence-corrected chi connectivity index (χ2v) is 4.55. The summed E-state index contributed by atoms with van der Waals surface area (Å²) in [4.78, 5) is 15.6. The number of benzene rings is 1. The van der Waals surface area contributed by atoms with Crippen molar-refractivity contribution in [3.8, 4) is 5.69 Å². The van der Waals surface area contributed by atoms with Crippen LogP contribution in [0.3, 0.4) is 0 Å². The Morgan fingerprint density at radius 2 is 2.05 bits per heavy atom. The molecule has 0 aliphatic carbocycles. The minimum Gasteiger partial charge on any atom is -0.346 e. The molecule has 0 saturated carbocycles. The molecule has 0 radical (unpaired) electrons. The normalized spacial score (nSPS) is 12.9. The van der Waals surface area contributed by atoms with Crippen LogP contribution >= 0.6 is 0 Å². The molecular weight excluding hydrogens is 264 g/mol. The number of rotatable bonds is 5. The van der Waals surface area contributed by atoms with Gasteiger partial charge >= 0.3 is 0 Å². The Balaban J connectivity index is 2.00. The SMILES string of the molecule is C/C=C/C=C/C(=O)NC(C)c1ccc(-n2cncn2)cc1. The largest absolute Gasteiger partial charge is 0.346 e. The van der Waals surface area contributed by atoms with Crippen molar-refractivity contribution in [2.45, 2.75) is 19.9 Å². The van der Waals surface area contributed by atoms with Crippen LogP contribution in [0.25, 0.3) is 5.69 Å². The second kappa shape index (κ2) is 7.19. The van der Waals surface area contributed by atoms with Gasteiger partial charge in [-0.15, -0.1) is 0 Å². The van der Waals surface area contributed by atoms with Crippen molar-refractivity contribution >= 4 is 5.91 Å². The van der Waals surface area contributed by atoms with Gasteiger partial charge in [-0.3, -0.25) is 4.79 Å². The number of aromatic nitrogens is 3. The number of carbonyl (C=O) groups is 1. The minimum atomic E-state index is -0.110. The number of allylic oxidation sites excluding steroid dienone is 3. The fourth-order valence-corrected chi connectivity index (χ4v) is 1.86. The van der Waals surface area contributed by atoms with Gasteiger partial charge in [0.05, 0.1) is 11.7 Å². The second-order valence-electron chi connectivity index (χ2n) is 4.55. The maximum absolute atomic E-state index is 11.7. The number of nitrogens with one attached hydrogen (secondary N) is 1. The lowest BCUT2D eigenvalue weighted by molar-refractivity contribution is -0.117. The molecule has 0 saturated heterocycles. The standard InChI is InChI=1S/C16H18N4O/c1-3-4-5-6-16(21)19-13(2)14-7-9-15(10-8-14)20-12-17-11-18-20/h3-13H,1-2H3,(H,19,21)/b4-3+,6-5+. The van der Waals surface area contributed by atoms with Crippen molar-refractivity contribution in [3.63, 3.8) is 0 Å². The molecule has 0 bridgehead atoms. The molecular formula is C16H18N4O. The Hall–Kier alpha value is -2.69. The molecule has 1 amide bonds. The highest BCUT2D eigenvalue weighted by Gasteiger charge is 2.07. The Kier molecular flexibility index (Phi) is 5.04. The molecule has 1 aromatic heterocycles. The first-order valence-electron chi connectivity index (χ1n) is 6.75. The van der Waals surface area contributed by atoms with Gasteiger partial charge in [0.1, 0.15) is 12.7 Å².